The largest absolute Gasteiger partial charge is 0.348 e. The standard InChI is InChI=1S/C14H17N3O3/c18-14(11-1-3-12(4-2-11)17(19)20)15-13-9-16-7-5-10(13)6-8-16/h1-4,10,13H,5-9H2,(H,15,18)/t13-/m0/s1. The highest BCUT2D eigenvalue weighted by Gasteiger charge is 2.34. The van der Waals surface area contributed by atoms with Crippen molar-refractivity contribution in [3.8, 4) is 0 Å². The van der Waals surface area contributed by atoms with Gasteiger partial charge in [-0.05, 0) is 44.0 Å². The molecule has 1 aromatic carbocycles. The zero-order valence-electron chi connectivity index (χ0n) is 11.1. The van der Waals surface area contributed by atoms with Gasteiger partial charge in [-0.15, -0.1) is 0 Å². The van der Waals surface area contributed by atoms with Gasteiger partial charge in [-0.2, -0.15) is 0 Å². The van der Waals surface area contributed by atoms with E-state index < -0.39 is 4.92 Å². The van der Waals surface area contributed by atoms with Crippen LogP contribution in [0, 0.1) is 16.0 Å². The minimum atomic E-state index is -0.463. The van der Waals surface area contributed by atoms with Crippen molar-refractivity contribution in [1.29, 1.82) is 0 Å². The summed E-state index contributed by atoms with van der Waals surface area (Å²) >= 11 is 0. The Morgan fingerprint density at radius 1 is 1.25 bits per heavy atom. The molecule has 0 saturated carbocycles. The highest BCUT2D eigenvalue weighted by Crippen LogP contribution is 2.27. The summed E-state index contributed by atoms with van der Waals surface area (Å²) in [5.41, 5.74) is 0.483. The predicted molar refractivity (Wildman–Crippen MR) is 73.5 cm³/mol. The third kappa shape index (κ3) is 2.51. The number of non-ortho nitro benzene ring substituents is 1. The molecule has 1 N–H and O–H groups in total. The maximum atomic E-state index is 12.2. The number of carbonyl (C=O) groups is 1. The van der Waals surface area contributed by atoms with Crippen LogP contribution in [0.4, 0.5) is 5.69 Å². The van der Waals surface area contributed by atoms with Crippen LogP contribution in [-0.4, -0.2) is 41.4 Å². The molecular formula is C14H17N3O3. The monoisotopic (exact) mass is 275 g/mol. The Hall–Kier alpha value is -1.95. The van der Waals surface area contributed by atoms with E-state index in [4.69, 9.17) is 0 Å². The number of hydrogen-bond donors (Lipinski definition) is 1. The lowest BCUT2D eigenvalue weighted by Gasteiger charge is -2.44. The number of amides is 1. The van der Waals surface area contributed by atoms with Crippen molar-refractivity contribution < 1.29 is 9.72 Å². The first kappa shape index (κ1) is 13.1. The summed E-state index contributed by atoms with van der Waals surface area (Å²) in [6.45, 7) is 3.19. The molecule has 20 heavy (non-hydrogen) atoms. The second-order valence-corrected chi connectivity index (χ2v) is 5.52. The van der Waals surface area contributed by atoms with E-state index in [1.165, 1.54) is 24.3 Å². The SMILES string of the molecule is O=C(N[C@H]1CN2CCC1CC2)c1ccc([N+](=O)[O-])cc1. The number of carbonyl (C=O) groups excluding carboxylic acids is 1. The van der Waals surface area contributed by atoms with Gasteiger partial charge in [0.05, 0.1) is 4.92 Å². The Labute approximate surface area is 116 Å². The molecule has 0 aromatic heterocycles. The molecule has 6 nitrogen and oxygen atoms in total. The van der Waals surface area contributed by atoms with E-state index in [1.54, 1.807) is 0 Å². The molecule has 3 heterocycles. The lowest BCUT2D eigenvalue weighted by atomic mass is 9.84. The summed E-state index contributed by atoms with van der Waals surface area (Å²) in [4.78, 5) is 24.7. The van der Waals surface area contributed by atoms with Crippen molar-refractivity contribution in [3.63, 3.8) is 0 Å². The molecule has 0 unspecified atom stereocenters. The van der Waals surface area contributed by atoms with Crippen LogP contribution in [0.1, 0.15) is 23.2 Å². The van der Waals surface area contributed by atoms with E-state index in [-0.39, 0.29) is 17.6 Å². The summed E-state index contributed by atoms with van der Waals surface area (Å²) in [7, 11) is 0. The number of fused-ring (bicyclic) bond motifs is 3. The Morgan fingerprint density at radius 3 is 2.40 bits per heavy atom. The van der Waals surface area contributed by atoms with Crippen molar-refractivity contribution in [2.75, 3.05) is 19.6 Å². The van der Waals surface area contributed by atoms with E-state index in [0.717, 1.165) is 32.5 Å². The summed E-state index contributed by atoms with van der Waals surface area (Å²) in [6.07, 6.45) is 2.29. The molecule has 3 fully saturated rings. The van der Waals surface area contributed by atoms with Crippen molar-refractivity contribution in [2.24, 2.45) is 5.92 Å². The zero-order chi connectivity index (χ0) is 14.1. The predicted octanol–water partition coefficient (Wildman–Crippen LogP) is 1.42. The molecule has 3 saturated heterocycles. The topological polar surface area (TPSA) is 75.5 Å². The molecule has 2 bridgehead atoms. The van der Waals surface area contributed by atoms with Gasteiger partial charge in [-0.3, -0.25) is 14.9 Å². The fraction of sp³-hybridized carbons (Fsp3) is 0.500. The average molecular weight is 275 g/mol. The van der Waals surface area contributed by atoms with Crippen LogP contribution in [-0.2, 0) is 0 Å². The molecule has 1 aromatic rings. The van der Waals surface area contributed by atoms with Crippen LogP contribution in [0.25, 0.3) is 0 Å². The smallest absolute Gasteiger partial charge is 0.269 e. The number of nitro benzene ring substituents is 1. The van der Waals surface area contributed by atoms with Crippen LogP contribution in [0.2, 0.25) is 0 Å². The minimum Gasteiger partial charge on any atom is -0.348 e. The first-order chi connectivity index (χ1) is 9.63. The van der Waals surface area contributed by atoms with Crippen molar-refractivity contribution in [3.05, 3.63) is 39.9 Å². The number of hydrogen-bond acceptors (Lipinski definition) is 4. The Kier molecular flexibility index (Phi) is 3.40. The normalized spacial score (nSPS) is 28.1. The van der Waals surface area contributed by atoms with Gasteiger partial charge in [0, 0.05) is 30.3 Å². The number of piperidine rings is 3. The Morgan fingerprint density at radius 2 is 1.90 bits per heavy atom. The van der Waals surface area contributed by atoms with Gasteiger partial charge in [0.2, 0.25) is 0 Å². The van der Waals surface area contributed by atoms with E-state index in [1.807, 2.05) is 0 Å². The fourth-order valence-corrected chi connectivity index (χ4v) is 3.11. The molecule has 0 aliphatic carbocycles. The van der Waals surface area contributed by atoms with Crippen molar-refractivity contribution >= 4 is 11.6 Å². The molecule has 3 aliphatic heterocycles. The fourth-order valence-electron chi connectivity index (χ4n) is 3.11. The molecule has 106 valence electrons. The summed E-state index contributed by atoms with van der Waals surface area (Å²) < 4.78 is 0. The van der Waals surface area contributed by atoms with Gasteiger partial charge in [-0.25, -0.2) is 0 Å². The van der Waals surface area contributed by atoms with Gasteiger partial charge in [0.25, 0.3) is 11.6 Å². The highest BCUT2D eigenvalue weighted by atomic mass is 16.6. The van der Waals surface area contributed by atoms with E-state index in [9.17, 15) is 14.9 Å². The van der Waals surface area contributed by atoms with Gasteiger partial charge in [0.1, 0.15) is 0 Å². The van der Waals surface area contributed by atoms with Crippen molar-refractivity contribution in [2.45, 2.75) is 18.9 Å². The van der Waals surface area contributed by atoms with Crippen LogP contribution in [0.15, 0.2) is 24.3 Å². The van der Waals surface area contributed by atoms with Gasteiger partial charge in [0.15, 0.2) is 0 Å². The minimum absolute atomic E-state index is 0.00406. The third-order valence-electron chi connectivity index (χ3n) is 4.31. The van der Waals surface area contributed by atoms with E-state index in [2.05, 4.69) is 10.2 Å². The number of benzene rings is 1. The maximum Gasteiger partial charge on any atom is 0.269 e. The Bertz CT molecular complexity index is 521. The maximum absolute atomic E-state index is 12.2. The second-order valence-electron chi connectivity index (χ2n) is 5.52. The van der Waals surface area contributed by atoms with Gasteiger partial charge >= 0.3 is 0 Å². The van der Waals surface area contributed by atoms with Crippen LogP contribution < -0.4 is 5.32 Å². The molecule has 3 aliphatic rings. The number of nitro groups is 1. The number of nitrogens with zero attached hydrogens (tertiary/aromatic N) is 2. The molecule has 4 rings (SSSR count). The van der Waals surface area contributed by atoms with E-state index in [0.29, 0.717) is 11.5 Å². The Balaban J connectivity index is 1.65. The number of nitrogens with one attached hydrogen (secondary N) is 1. The summed E-state index contributed by atoms with van der Waals surface area (Å²) in [6, 6.07) is 5.96. The molecule has 0 radical (unpaired) electrons. The van der Waals surface area contributed by atoms with Gasteiger partial charge < -0.3 is 10.2 Å². The lowest BCUT2D eigenvalue weighted by molar-refractivity contribution is -0.384. The summed E-state index contributed by atoms with van der Waals surface area (Å²) in [5.74, 6) is 0.431. The molecular weight excluding hydrogens is 258 g/mol. The first-order valence-electron chi connectivity index (χ1n) is 6.91. The lowest BCUT2D eigenvalue weighted by Crippen LogP contribution is -2.57. The molecule has 1 amide bonds. The first-order valence-corrected chi connectivity index (χ1v) is 6.91. The number of rotatable bonds is 3. The van der Waals surface area contributed by atoms with Crippen LogP contribution >= 0.6 is 0 Å². The second kappa shape index (κ2) is 5.20. The highest BCUT2D eigenvalue weighted by molar-refractivity contribution is 5.94. The van der Waals surface area contributed by atoms with Crippen molar-refractivity contribution in [1.82, 2.24) is 10.2 Å². The summed E-state index contributed by atoms with van der Waals surface area (Å²) in [5, 5.41) is 13.6. The average Bonchev–Trinajstić information content (AvgIpc) is 2.48. The quantitative estimate of drug-likeness (QED) is 0.668. The third-order valence-corrected chi connectivity index (χ3v) is 4.31. The van der Waals surface area contributed by atoms with Gasteiger partial charge in [-0.1, -0.05) is 0 Å². The molecule has 6 heteroatoms. The van der Waals surface area contributed by atoms with Crippen LogP contribution in [0.5, 0.6) is 0 Å². The zero-order valence-corrected chi connectivity index (χ0v) is 11.1. The molecule has 1 atom stereocenters. The molecule has 0 spiro atoms. The van der Waals surface area contributed by atoms with E-state index >= 15 is 0 Å². The van der Waals surface area contributed by atoms with Crippen LogP contribution in [0.3, 0.4) is 0 Å².